The second-order valence-electron chi connectivity index (χ2n) is 4.69. The number of ether oxygens (including phenoxy) is 1. The summed E-state index contributed by atoms with van der Waals surface area (Å²) in [6, 6.07) is 17.9. The average Bonchev–Trinajstić information content (AvgIpc) is 2.77. The first-order valence-electron chi connectivity index (χ1n) is 6.46. The molecule has 3 aromatic rings. The number of nitrogens with zero attached hydrogens (tertiary/aromatic N) is 2. The number of benzene rings is 2. The van der Waals surface area contributed by atoms with Gasteiger partial charge in [0.15, 0.2) is 0 Å². The van der Waals surface area contributed by atoms with E-state index >= 15 is 0 Å². The number of aromatic nitrogens is 1. The molecule has 0 saturated carbocycles. The maximum absolute atomic E-state index is 8.90. The first kappa shape index (κ1) is 12.3. The van der Waals surface area contributed by atoms with Crippen LogP contribution in [0.4, 0.5) is 0 Å². The van der Waals surface area contributed by atoms with Crippen LogP contribution in [0.25, 0.3) is 10.9 Å². The number of nitriles is 1. The van der Waals surface area contributed by atoms with Crippen LogP contribution in [-0.2, 0) is 13.5 Å². The van der Waals surface area contributed by atoms with Crippen LogP contribution < -0.4 is 4.74 Å². The van der Waals surface area contributed by atoms with Crippen molar-refractivity contribution < 1.29 is 4.74 Å². The Kier molecular flexibility index (Phi) is 3.14. The number of para-hydroxylation sites is 1. The minimum atomic E-state index is 0.409. The van der Waals surface area contributed by atoms with Crippen LogP contribution in [0.3, 0.4) is 0 Å². The molecule has 0 radical (unpaired) electrons. The van der Waals surface area contributed by atoms with Crippen molar-refractivity contribution >= 4 is 10.9 Å². The summed E-state index contributed by atoms with van der Waals surface area (Å²) in [5.74, 6) is 1.60. The van der Waals surface area contributed by atoms with E-state index in [1.165, 1.54) is 0 Å². The summed E-state index contributed by atoms with van der Waals surface area (Å²) < 4.78 is 7.87. The number of hydrogen-bond donors (Lipinski definition) is 0. The Balaban J connectivity index is 2.02. The molecule has 0 saturated heterocycles. The fraction of sp³-hybridized carbons (Fsp3) is 0.118. The van der Waals surface area contributed by atoms with Crippen molar-refractivity contribution in [2.24, 2.45) is 7.05 Å². The third kappa shape index (κ3) is 2.24. The highest BCUT2D eigenvalue weighted by Crippen LogP contribution is 2.28. The molecule has 0 unspecified atom stereocenters. The van der Waals surface area contributed by atoms with E-state index in [0.717, 1.165) is 28.0 Å². The summed E-state index contributed by atoms with van der Waals surface area (Å²) in [5, 5.41) is 9.97. The van der Waals surface area contributed by atoms with Crippen LogP contribution in [0.1, 0.15) is 5.56 Å². The van der Waals surface area contributed by atoms with Gasteiger partial charge < -0.3 is 9.30 Å². The summed E-state index contributed by atoms with van der Waals surface area (Å²) in [7, 11) is 1.99. The van der Waals surface area contributed by atoms with Crippen LogP contribution >= 0.6 is 0 Å². The molecule has 3 nitrogen and oxygen atoms in total. The van der Waals surface area contributed by atoms with E-state index in [0.29, 0.717) is 6.42 Å². The minimum Gasteiger partial charge on any atom is -0.457 e. The molecule has 0 aliphatic heterocycles. The van der Waals surface area contributed by atoms with Crippen molar-refractivity contribution in [3.8, 4) is 17.6 Å². The fourth-order valence-corrected chi connectivity index (χ4v) is 2.37. The molecule has 3 rings (SSSR count). The lowest BCUT2D eigenvalue weighted by Crippen LogP contribution is -1.85. The molecular formula is C17H14N2O. The summed E-state index contributed by atoms with van der Waals surface area (Å²) in [5.41, 5.74) is 2.14. The molecule has 0 bridgehead atoms. The zero-order chi connectivity index (χ0) is 13.9. The van der Waals surface area contributed by atoms with Gasteiger partial charge in [0.25, 0.3) is 0 Å². The van der Waals surface area contributed by atoms with Gasteiger partial charge >= 0.3 is 0 Å². The monoisotopic (exact) mass is 262 g/mol. The highest BCUT2D eigenvalue weighted by atomic mass is 16.5. The van der Waals surface area contributed by atoms with Gasteiger partial charge in [-0.3, -0.25) is 0 Å². The van der Waals surface area contributed by atoms with Crippen molar-refractivity contribution in [1.82, 2.24) is 4.57 Å². The molecule has 98 valence electrons. The summed E-state index contributed by atoms with van der Waals surface area (Å²) >= 11 is 0. The highest BCUT2D eigenvalue weighted by molar-refractivity contribution is 5.85. The summed E-state index contributed by atoms with van der Waals surface area (Å²) in [4.78, 5) is 0. The van der Waals surface area contributed by atoms with Crippen molar-refractivity contribution in [3.63, 3.8) is 0 Å². The van der Waals surface area contributed by atoms with Gasteiger partial charge in [0.2, 0.25) is 0 Å². The van der Waals surface area contributed by atoms with Crippen LogP contribution in [0, 0.1) is 11.3 Å². The van der Waals surface area contributed by atoms with Gasteiger partial charge in [-0.15, -0.1) is 0 Å². The van der Waals surface area contributed by atoms with Crippen LogP contribution in [0.2, 0.25) is 0 Å². The van der Waals surface area contributed by atoms with Gasteiger partial charge in [-0.2, -0.15) is 5.26 Å². The van der Waals surface area contributed by atoms with E-state index < -0.39 is 0 Å². The van der Waals surface area contributed by atoms with Gasteiger partial charge in [0.1, 0.15) is 11.5 Å². The Bertz CT molecular complexity index is 782. The Hall–Kier alpha value is -2.73. The third-order valence-electron chi connectivity index (χ3n) is 3.29. The lowest BCUT2D eigenvalue weighted by molar-refractivity contribution is 0.483. The molecule has 1 heterocycles. The van der Waals surface area contributed by atoms with Crippen molar-refractivity contribution in [1.29, 1.82) is 5.26 Å². The lowest BCUT2D eigenvalue weighted by Gasteiger charge is -2.06. The second-order valence-corrected chi connectivity index (χ2v) is 4.69. The van der Waals surface area contributed by atoms with E-state index in [9.17, 15) is 0 Å². The molecule has 2 aromatic carbocycles. The van der Waals surface area contributed by atoms with Gasteiger partial charge in [0, 0.05) is 24.1 Å². The van der Waals surface area contributed by atoms with Crippen LogP contribution in [-0.4, -0.2) is 4.57 Å². The molecular weight excluding hydrogens is 248 g/mol. The predicted molar refractivity (Wildman–Crippen MR) is 78.8 cm³/mol. The first-order valence-corrected chi connectivity index (χ1v) is 6.46. The Morgan fingerprint density at radius 3 is 2.65 bits per heavy atom. The first-order chi connectivity index (χ1) is 9.78. The van der Waals surface area contributed by atoms with Gasteiger partial charge in [-0.25, -0.2) is 0 Å². The van der Waals surface area contributed by atoms with Crippen molar-refractivity contribution in [3.05, 3.63) is 60.3 Å². The number of hydrogen-bond acceptors (Lipinski definition) is 2. The molecule has 0 aliphatic carbocycles. The average molecular weight is 262 g/mol. The van der Waals surface area contributed by atoms with Crippen LogP contribution in [0.15, 0.2) is 54.7 Å². The maximum Gasteiger partial charge on any atom is 0.128 e. The third-order valence-corrected chi connectivity index (χ3v) is 3.29. The maximum atomic E-state index is 8.90. The fourth-order valence-electron chi connectivity index (χ4n) is 2.37. The van der Waals surface area contributed by atoms with Gasteiger partial charge in [-0.1, -0.05) is 18.2 Å². The molecule has 3 heteroatoms. The van der Waals surface area contributed by atoms with E-state index in [1.807, 2.05) is 66.3 Å². The highest BCUT2D eigenvalue weighted by Gasteiger charge is 2.08. The molecule has 0 atom stereocenters. The molecule has 20 heavy (non-hydrogen) atoms. The lowest BCUT2D eigenvalue weighted by atomic mass is 10.1. The quantitative estimate of drug-likeness (QED) is 0.714. The Labute approximate surface area is 117 Å². The van der Waals surface area contributed by atoms with Crippen molar-refractivity contribution in [2.75, 3.05) is 0 Å². The standard InChI is InChI=1S/C17H14N2O/c1-19-12-13(9-10-18)16-11-15(7-8-17(16)19)20-14-5-3-2-4-6-14/h2-8,11-12H,9H2,1H3. The van der Waals surface area contributed by atoms with E-state index in [1.54, 1.807) is 0 Å². The topological polar surface area (TPSA) is 38.0 Å². The predicted octanol–water partition coefficient (Wildman–Crippen LogP) is 4.04. The number of aryl methyl sites for hydroxylation is 1. The molecule has 1 aromatic heterocycles. The zero-order valence-corrected chi connectivity index (χ0v) is 11.2. The molecule has 0 N–H and O–H groups in total. The minimum absolute atomic E-state index is 0.409. The molecule has 0 aliphatic rings. The van der Waals surface area contributed by atoms with E-state index in [2.05, 4.69) is 6.07 Å². The summed E-state index contributed by atoms with van der Waals surface area (Å²) in [6.07, 6.45) is 2.41. The SMILES string of the molecule is Cn1cc(CC#N)c2cc(Oc3ccccc3)ccc21. The second kappa shape index (κ2) is 5.10. The van der Waals surface area contributed by atoms with Crippen LogP contribution in [0.5, 0.6) is 11.5 Å². The van der Waals surface area contributed by atoms with Gasteiger partial charge in [-0.05, 0) is 35.9 Å². The summed E-state index contributed by atoms with van der Waals surface area (Å²) in [6.45, 7) is 0. The van der Waals surface area contributed by atoms with Gasteiger partial charge in [0.05, 0.1) is 12.5 Å². The Morgan fingerprint density at radius 2 is 1.90 bits per heavy atom. The zero-order valence-electron chi connectivity index (χ0n) is 11.2. The smallest absolute Gasteiger partial charge is 0.128 e. The molecule has 0 spiro atoms. The molecule has 0 fully saturated rings. The van der Waals surface area contributed by atoms with E-state index in [4.69, 9.17) is 10.00 Å². The molecule has 0 amide bonds. The number of rotatable bonds is 3. The van der Waals surface area contributed by atoms with E-state index in [-0.39, 0.29) is 0 Å². The largest absolute Gasteiger partial charge is 0.457 e. The number of fused-ring (bicyclic) bond motifs is 1. The van der Waals surface area contributed by atoms with Crippen molar-refractivity contribution in [2.45, 2.75) is 6.42 Å². The Morgan fingerprint density at radius 1 is 1.10 bits per heavy atom. The normalized spacial score (nSPS) is 10.4.